The number of rotatable bonds is 7. The first kappa shape index (κ1) is 14.1. The highest BCUT2D eigenvalue weighted by molar-refractivity contribution is 5.44. The molecule has 20 heavy (non-hydrogen) atoms. The van der Waals surface area contributed by atoms with E-state index in [2.05, 4.69) is 15.3 Å². The van der Waals surface area contributed by atoms with Crippen molar-refractivity contribution in [1.82, 2.24) is 9.97 Å². The molecule has 1 heterocycles. The van der Waals surface area contributed by atoms with E-state index in [1.54, 1.807) is 13.2 Å². The lowest BCUT2D eigenvalue weighted by molar-refractivity contribution is 0.178. The predicted octanol–water partition coefficient (Wildman–Crippen LogP) is 1.70. The zero-order valence-corrected chi connectivity index (χ0v) is 11.4. The molecule has 0 spiro atoms. The highest BCUT2D eigenvalue weighted by atomic mass is 16.5. The molecule has 2 rings (SSSR count). The summed E-state index contributed by atoms with van der Waals surface area (Å²) in [5.74, 6) is 2.48. The molecule has 0 amide bonds. The minimum absolute atomic E-state index is 0.334. The van der Waals surface area contributed by atoms with E-state index in [0.29, 0.717) is 37.2 Å². The summed E-state index contributed by atoms with van der Waals surface area (Å²) in [5, 5.41) is 3.14. The maximum Gasteiger partial charge on any atom is 0.158 e. The Balaban J connectivity index is 1.81. The average Bonchev–Trinajstić information content (AvgIpc) is 2.45. The molecule has 106 valence electrons. The van der Waals surface area contributed by atoms with Crippen LogP contribution in [0.1, 0.15) is 5.82 Å². The van der Waals surface area contributed by atoms with Gasteiger partial charge in [-0.15, -0.1) is 0 Å². The van der Waals surface area contributed by atoms with Crippen LogP contribution >= 0.6 is 0 Å². The van der Waals surface area contributed by atoms with Gasteiger partial charge in [-0.25, -0.2) is 9.97 Å². The van der Waals surface area contributed by atoms with Crippen LogP contribution in [0.25, 0.3) is 0 Å². The highest BCUT2D eigenvalue weighted by Crippen LogP contribution is 2.10. The number of ether oxygens (including phenoxy) is 2. The lowest BCUT2D eigenvalue weighted by atomic mass is 10.3. The van der Waals surface area contributed by atoms with Crippen molar-refractivity contribution in [3.8, 4) is 5.75 Å². The molecule has 0 saturated heterocycles. The Morgan fingerprint density at radius 3 is 2.75 bits per heavy atom. The van der Waals surface area contributed by atoms with Crippen LogP contribution < -0.4 is 15.8 Å². The zero-order chi connectivity index (χ0) is 14.2. The molecular weight excluding hydrogens is 256 g/mol. The number of nitrogens with zero attached hydrogens (tertiary/aromatic N) is 2. The fourth-order valence-electron chi connectivity index (χ4n) is 1.67. The normalized spacial score (nSPS) is 10.2. The zero-order valence-electron chi connectivity index (χ0n) is 11.4. The van der Waals surface area contributed by atoms with E-state index in [1.165, 1.54) is 0 Å². The molecule has 0 aliphatic rings. The van der Waals surface area contributed by atoms with Crippen molar-refractivity contribution in [1.29, 1.82) is 0 Å². The van der Waals surface area contributed by atoms with Crippen molar-refractivity contribution in [2.45, 2.75) is 6.61 Å². The molecule has 0 fully saturated rings. The summed E-state index contributed by atoms with van der Waals surface area (Å²) in [5.41, 5.74) is 5.71. The van der Waals surface area contributed by atoms with Gasteiger partial charge in [0.25, 0.3) is 0 Å². The van der Waals surface area contributed by atoms with Crippen LogP contribution in [0.15, 0.2) is 36.4 Å². The van der Waals surface area contributed by atoms with Crippen molar-refractivity contribution in [2.24, 2.45) is 0 Å². The van der Waals surface area contributed by atoms with Crippen LogP contribution in [0.5, 0.6) is 5.75 Å². The van der Waals surface area contributed by atoms with Crippen LogP contribution in [-0.4, -0.2) is 30.2 Å². The van der Waals surface area contributed by atoms with Gasteiger partial charge in [-0.3, -0.25) is 0 Å². The largest absolute Gasteiger partial charge is 0.492 e. The van der Waals surface area contributed by atoms with E-state index in [9.17, 15) is 0 Å². The number of para-hydroxylation sites is 1. The molecular formula is C14H18N4O2. The van der Waals surface area contributed by atoms with Gasteiger partial charge in [0.15, 0.2) is 5.82 Å². The standard InChI is InChI=1S/C14H18N4O2/c1-19-10-14-17-12(15)9-13(18-14)16-7-8-20-11-5-3-2-4-6-11/h2-6,9H,7-8,10H2,1H3,(H3,15,16,17,18). The van der Waals surface area contributed by atoms with Crippen molar-refractivity contribution in [2.75, 3.05) is 31.3 Å². The Morgan fingerprint density at radius 1 is 1.20 bits per heavy atom. The third-order valence-corrected chi connectivity index (χ3v) is 2.49. The number of anilines is 2. The van der Waals surface area contributed by atoms with Gasteiger partial charge >= 0.3 is 0 Å². The molecule has 0 bridgehead atoms. The summed E-state index contributed by atoms with van der Waals surface area (Å²) < 4.78 is 10.6. The number of hydrogen-bond acceptors (Lipinski definition) is 6. The van der Waals surface area contributed by atoms with Crippen molar-refractivity contribution in [3.05, 3.63) is 42.2 Å². The van der Waals surface area contributed by atoms with E-state index in [4.69, 9.17) is 15.2 Å². The lowest BCUT2D eigenvalue weighted by Crippen LogP contribution is -2.14. The van der Waals surface area contributed by atoms with E-state index in [0.717, 1.165) is 5.75 Å². The maximum atomic E-state index is 5.71. The lowest BCUT2D eigenvalue weighted by Gasteiger charge is -2.09. The second-order valence-electron chi connectivity index (χ2n) is 4.12. The first-order valence-electron chi connectivity index (χ1n) is 6.32. The summed E-state index contributed by atoms with van der Waals surface area (Å²) in [6, 6.07) is 11.3. The molecule has 0 aliphatic heterocycles. The van der Waals surface area contributed by atoms with Gasteiger partial charge < -0.3 is 20.5 Å². The topological polar surface area (TPSA) is 82.3 Å². The summed E-state index contributed by atoms with van der Waals surface area (Å²) >= 11 is 0. The third kappa shape index (κ3) is 4.40. The minimum atomic E-state index is 0.334. The number of nitrogens with two attached hydrogens (primary N) is 1. The van der Waals surface area contributed by atoms with Gasteiger partial charge in [0.2, 0.25) is 0 Å². The van der Waals surface area contributed by atoms with Gasteiger partial charge in [-0.05, 0) is 12.1 Å². The maximum absolute atomic E-state index is 5.71. The van der Waals surface area contributed by atoms with Crippen LogP contribution in [0.4, 0.5) is 11.6 Å². The molecule has 0 aliphatic carbocycles. The SMILES string of the molecule is COCc1nc(N)cc(NCCOc2ccccc2)n1. The number of benzene rings is 1. The Hall–Kier alpha value is -2.34. The Kier molecular flexibility index (Phi) is 5.14. The fourth-order valence-corrected chi connectivity index (χ4v) is 1.67. The van der Waals surface area contributed by atoms with Crippen LogP contribution in [0.2, 0.25) is 0 Å². The van der Waals surface area contributed by atoms with Crippen LogP contribution in [0, 0.1) is 0 Å². The number of aromatic nitrogens is 2. The molecule has 3 N–H and O–H groups in total. The summed E-state index contributed by atoms with van der Waals surface area (Å²) in [7, 11) is 1.59. The number of hydrogen-bond donors (Lipinski definition) is 2. The molecule has 6 heteroatoms. The summed E-state index contributed by atoms with van der Waals surface area (Å²) in [6.45, 7) is 1.49. The number of nitrogens with one attached hydrogen (secondary N) is 1. The third-order valence-electron chi connectivity index (χ3n) is 2.49. The van der Waals surface area contributed by atoms with Gasteiger partial charge in [0.05, 0.1) is 6.54 Å². The first-order chi connectivity index (χ1) is 9.78. The van der Waals surface area contributed by atoms with Crippen LogP contribution in [0.3, 0.4) is 0 Å². The Morgan fingerprint density at radius 2 is 2.00 bits per heavy atom. The Labute approximate surface area is 118 Å². The number of methoxy groups -OCH3 is 1. The predicted molar refractivity (Wildman–Crippen MR) is 77.6 cm³/mol. The molecule has 0 radical (unpaired) electrons. The molecule has 2 aromatic rings. The molecule has 6 nitrogen and oxygen atoms in total. The number of nitrogen functional groups attached to an aromatic ring is 1. The average molecular weight is 274 g/mol. The smallest absolute Gasteiger partial charge is 0.158 e. The summed E-state index contributed by atoms with van der Waals surface area (Å²) in [4.78, 5) is 8.35. The Bertz CT molecular complexity index is 534. The molecule has 1 aromatic carbocycles. The van der Waals surface area contributed by atoms with E-state index >= 15 is 0 Å². The monoisotopic (exact) mass is 274 g/mol. The van der Waals surface area contributed by atoms with Gasteiger partial charge in [-0.2, -0.15) is 0 Å². The molecule has 0 saturated carbocycles. The molecule has 1 aromatic heterocycles. The van der Waals surface area contributed by atoms with Gasteiger partial charge in [-0.1, -0.05) is 18.2 Å². The molecule has 0 unspecified atom stereocenters. The van der Waals surface area contributed by atoms with Gasteiger partial charge in [0, 0.05) is 13.2 Å². The van der Waals surface area contributed by atoms with Crippen molar-refractivity contribution < 1.29 is 9.47 Å². The van der Waals surface area contributed by atoms with Crippen LogP contribution in [-0.2, 0) is 11.3 Å². The van der Waals surface area contributed by atoms with E-state index in [1.807, 2.05) is 30.3 Å². The van der Waals surface area contributed by atoms with Crippen molar-refractivity contribution >= 4 is 11.6 Å². The van der Waals surface area contributed by atoms with Crippen molar-refractivity contribution in [3.63, 3.8) is 0 Å². The van der Waals surface area contributed by atoms with E-state index < -0.39 is 0 Å². The summed E-state index contributed by atoms with van der Waals surface area (Å²) in [6.07, 6.45) is 0. The second-order valence-corrected chi connectivity index (χ2v) is 4.12. The minimum Gasteiger partial charge on any atom is -0.492 e. The van der Waals surface area contributed by atoms with E-state index in [-0.39, 0.29) is 0 Å². The molecule has 0 atom stereocenters. The quantitative estimate of drug-likeness (QED) is 0.748. The second kappa shape index (κ2) is 7.30. The first-order valence-corrected chi connectivity index (χ1v) is 6.32. The fraction of sp³-hybridized carbons (Fsp3) is 0.286. The highest BCUT2D eigenvalue weighted by Gasteiger charge is 2.02. The van der Waals surface area contributed by atoms with Gasteiger partial charge in [0.1, 0.15) is 30.6 Å².